The Balaban J connectivity index is 1.79. The molecule has 5 aromatic carbocycles. The van der Waals surface area contributed by atoms with Crippen LogP contribution in [0.4, 0.5) is 5.69 Å². The first kappa shape index (κ1) is 19.3. The fourth-order valence-electron chi connectivity index (χ4n) is 3.98. The number of benzene rings is 5. The van der Waals surface area contributed by atoms with Gasteiger partial charge in [-0.2, -0.15) is 0 Å². The van der Waals surface area contributed by atoms with E-state index in [1.807, 2.05) is 78.9 Å². The van der Waals surface area contributed by atoms with Gasteiger partial charge >= 0.3 is 0 Å². The van der Waals surface area contributed by atoms with Gasteiger partial charge in [-0.1, -0.05) is 76.6 Å². The summed E-state index contributed by atoms with van der Waals surface area (Å²) >= 11 is 3.54. The molecule has 4 heteroatoms. The molecule has 0 aromatic heterocycles. The number of hydrogen-bond donors (Lipinski definition) is 2. The lowest BCUT2D eigenvalue weighted by molar-refractivity contribution is 0.102. The number of aromatic hydroxyl groups is 1. The smallest absolute Gasteiger partial charge is 0.255 e. The van der Waals surface area contributed by atoms with E-state index in [1.54, 1.807) is 18.2 Å². The van der Waals surface area contributed by atoms with Gasteiger partial charge in [-0.05, 0) is 57.9 Å². The maximum Gasteiger partial charge on any atom is 0.255 e. The van der Waals surface area contributed by atoms with Crippen LogP contribution >= 0.6 is 15.9 Å². The Morgan fingerprint density at radius 1 is 0.710 bits per heavy atom. The van der Waals surface area contributed by atoms with Crippen LogP contribution in [0, 0.1) is 0 Å². The molecule has 0 atom stereocenters. The molecule has 2 N–H and O–H groups in total. The molecule has 0 radical (unpaired) electrons. The molecular weight excluding hydrogens is 450 g/mol. The second-order valence-corrected chi connectivity index (χ2v) is 8.27. The van der Waals surface area contributed by atoms with Gasteiger partial charge in [0.05, 0.1) is 0 Å². The first-order chi connectivity index (χ1) is 15.1. The Kier molecular flexibility index (Phi) is 4.92. The van der Waals surface area contributed by atoms with Crippen LogP contribution in [0.5, 0.6) is 5.75 Å². The Bertz CT molecular complexity index is 1440. The average Bonchev–Trinajstić information content (AvgIpc) is 2.80. The molecule has 0 saturated heterocycles. The van der Waals surface area contributed by atoms with Crippen molar-refractivity contribution in [3.8, 4) is 16.9 Å². The van der Waals surface area contributed by atoms with Crippen molar-refractivity contribution in [2.45, 2.75) is 0 Å². The third-order valence-electron chi connectivity index (χ3n) is 5.42. The van der Waals surface area contributed by atoms with Gasteiger partial charge in [-0.25, -0.2) is 0 Å². The molecule has 0 spiro atoms. The van der Waals surface area contributed by atoms with E-state index in [1.165, 1.54) is 0 Å². The van der Waals surface area contributed by atoms with E-state index >= 15 is 0 Å². The first-order valence-corrected chi connectivity index (χ1v) is 10.7. The molecule has 0 aliphatic heterocycles. The normalized spacial score (nSPS) is 11.0. The van der Waals surface area contributed by atoms with Crippen molar-refractivity contribution in [2.75, 3.05) is 5.32 Å². The zero-order valence-corrected chi connectivity index (χ0v) is 18.1. The topological polar surface area (TPSA) is 49.3 Å². The van der Waals surface area contributed by atoms with Crippen molar-refractivity contribution in [2.24, 2.45) is 0 Å². The molecule has 0 fully saturated rings. The molecule has 1 amide bonds. The number of halogens is 1. The van der Waals surface area contributed by atoms with E-state index < -0.39 is 0 Å². The maximum absolute atomic E-state index is 13.0. The van der Waals surface area contributed by atoms with Gasteiger partial charge in [0, 0.05) is 26.9 Å². The molecule has 0 aliphatic rings. The summed E-state index contributed by atoms with van der Waals surface area (Å²) in [4.78, 5) is 13.0. The van der Waals surface area contributed by atoms with E-state index in [9.17, 15) is 9.90 Å². The average molecular weight is 468 g/mol. The molecule has 5 rings (SSSR count). The van der Waals surface area contributed by atoms with Crippen LogP contribution < -0.4 is 5.32 Å². The molecule has 5 aromatic rings. The largest absolute Gasteiger partial charge is 0.507 e. The van der Waals surface area contributed by atoms with Gasteiger partial charge < -0.3 is 10.4 Å². The van der Waals surface area contributed by atoms with Crippen molar-refractivity contribution in [1.82, 2.24) is 0 Å². The lowest BCUT2D eigenvalue weighted by atomic mass is 9.91. The lowest BCUT2D eigenvalue weighted by Crippen LogP contribution is -2.12. The van der Waals surface area contributed by atoms with Crippen molar-refractivity contribution in [1.29, 1.82) is 0 Å². The molecule has 3 nitrogen and oxygen atoms in total. The van der Waals surface area contributed by atoms with Gasteiger partial charge in [0.1, 0.15) is 5.75 Å². The molecular formula is C27H18BrNO2. The van der Waals surface area contributed by atoms with Gasteiger partial charge in [0.2, 0.25) is 0 Å². The Morgan fingerprint density at radius 2 is 1.42 bits per heavy atom. The predicted octanol–water partition coefficient (Wildman–Crippen LogP) is 7.38. The monoisotopic (exact) mass is 467 g/mol. The molecule has 0 aliphatic carbocycles. The summed E-state index contributed by atoms with van der Waals surface area (Å²) in [6.45, 7) is 0. The zero-order valence-electron chi connectivity index (χ0n) is 16.5. The zero-order chi connectivity index (χ0) is 21.4. The number of carbonyl (C=O) groups is 1. The number of amides is 1. The summed E-state index contributed by atoms with van der Waals surface area (Å²) in [5, 5.41) is 17.9. The quantitative estimate of drug-likeness (QED) is 0.290. The minimum absolute atomic E-state index is 0.171. The van der Waals surface area contributed by atoms with Crippen LogP contribution in [0.1, 0.15) is 10.4 Å². The van der Waals surface area contributed by atoms with Crippen LogP contribution in [0.25, 0.3) is 32.7 Å². The highest BCUT2D eigenvalue weighted by Crippen LogP contribution is 2.44. The van der Waals surface area contributed by atoms with Gasteiger partial charge in [0.15, 0.2) is 0 Å². The van der Waals surface area contributed by atoms with Crippen molar-refractivity contribution < 1.29 is 9.90 Å². The summed E-state index contributed by atoms with van der Waals surface area (Å²) in [6.07, 6.45) is 0. The van der Waals surface area contributed by atoms with E-state index in [0.717, 1.165) is 31.6 Å². The minimum atomic E-state index is -0.196. The summed E-state index contributed by atoms with van der Waals surface area (Å²) in [5.74, 6) is -0.0256. The molecule has 150 valence electrons. The molecule has 0 saturated carbocycles. The molecule has 0 bridgehead atoms. The van der Waals surface area contributed by atoms with Crippen LogP contribution in [0.15, 0.2) is 102 Å². The lowest BCUT2D eigenvalue weighted by Gasteiger charge is -2.18. The first-order valence-electron chi connectivity index (χ1n) is 9.91. The van der Waals surface area contributed by atoms with Gasteiger partial charge in [-0.15, -0.1) is 0 Å². The van der Waals surface area contributed by atoms with E-state index in [4.69, 9.17) is 0 Å². The van der Waals surface area contributed by atoms with E-state index in [-0.39, 0.29) is 11.7 Å². The van der Waals surface area contributed by atoms with Crippen molar-refractivity contribution in [3.63, 3.8) is 0 Å². The standard InChI is InChI=1S/C27H18BrNO2/c28-20-12-13-22-19(16-20)10-14-23(29-27(31)18-7-2-1-3-8-18)25(22)26-21-9-5-4-6-17(21)11-15-24(26)30/h1-16,30H,(H,29,31). The highest BCUT2D eigenvalue weighted by atomic mass is 79.9. The molecule has 0 unspecified atom stereocenters. The Hall–Kier alpha value is -3.63. The fraction of sp³-hybridized carbons (Fsp3) is 0. The summed E-state index contributed by atoms with van der Waals surface area (Å²) in [6, 6.07) is 30.5. The number of carbonyl (C=O) groups excluding carboxylic acids is 1. The number of nitrogens with one attached hydrogen (secondary N) is 1. The number of anilines is 1. The second-order valence-electron chi connectivity index (χ2n) is 7.35. The predicted molar refractivity (Wildman–Crippen MR) is 131 cm³/mol. The Morgan fingerprint density at radius 3 is 2.26 bits per heavy atom. The number of rotatable bonds is 3. The van der Waals surface area contributed by atoms with Gasteiger partial charge in [-0.3, -0.25) is 4.79 Å². The highest BCUT2D eigenvalue weighted by molar-refractivity contribution is 9.10. The number of fused-ring (bicyclic) bond motifs is 2. The maximum atomic E-state index is 13.0. The summed E-state index contributed by atoms with van der Waals surface area (Å²) in [5.41, 5.74) is 2.72. The molecule has 0 heterocycles. The summed E-state index contributed by atoms with van der Waals surface area (Å²) < 4.78 is 0.967. The van der Waals surface area contributed by atoms with Crippen LogP contribution in [-0.2, 0) is 0 Å². The minimum Gasteiger partial charge on any atom is -0.507 e. The number of phenolic OH excluding ortho intramolecular Hbond substituents is 1. The van der Waals surface area contributed by atoms with E-state index in [2.05, 4.69) is 21.2 Å². The Labute approximate surface area is 188 Å². The van der Waals surface area contributed by atoms with Crippen molar-refractivity contribution in [3.05, 3.63) is 107 Å². The van der Waals surface area contributed by atoms with Crippen LogP contribution in [-0.4, -0.2) is 11.0 Å². The molecule has 31 heavy (non-hydrogen) atoms. The number of phenols is 1. The third kappa shape index (κ3) is 3.56. The van der Waals surface area contributed by atoms with Gasteiger partial charge in [0.25, 0.3) is 5.91 Å². The van der Waals surface area contributed by atoms with Crippen LogP contribution in [0.2, 0.25) is 0 Å². The fourth-order valence-corrected chi connectivity index (χ4v) is 4.36. The second kappa shape index (κ2) is 7.89. The SMILES string of the molecule is O=C(Nc1ccc2cc(Br)ccc2c1-c1c(O)ccc2ccccc12)c1ccccc1. The van der Waals surface area contributed by atoms with E-state index in [0.29, 0.717) is 16.8 Å². The summed E-state index contributed by atoms with van der Waals surface area (Å²) in [7, 11) is 0. The van der Waals surface area contributed by atoms with Crippen LogP contribution in [0.3, 0.4) is 0 Å². The highest BCUT2D eigenvalue weighted by Gasteiger charge is 2.18. The number of hydrogen-bond acceptors (Lipinski definition) is 2. The third-order valence-corrected chi connectivity index (χ3v) is 5.92. The van der Waals surface area contributed by atoms with Crippen molar-refractivity contribution >= 4 is 49.1 Å².